The first-order chi connectivity index (χ1) is 13.8. The molecule has 0 fully saturated rings. The first kappa shape index (κ1) is 19.3. The fourth-order valence-electron chi connectivity index (χ4n) is 3.03. The lowest BCUT2D eigenvalue weighted by atomic mass is 10.1. The molecule has 0 spiro atoms. The highest BCUT2D eigenvalue weighted by molar-refractivity contribution is 9.10. The number of anilines is 1. The van der Waals surface area contributed by atoms with Crippen LogP contribution in [0.3, 0.4) is 0 Å². The van der Waals surface area contributed by atoms with E-state index in [9.17, 15) is 14.9 Å². The number of amides is 1. The third-order valence-electron chi connectivity index (χ3n) is 4.55. The summed E-state index contributed by atoms with van der Waals surface area (Å²) in [6.45, 7) is 3.78. The van der Waals surface area contributed by atoms with Gasteiger partial charge in [0.1, 0.15) is 4.88 Å². The van der Waals surface area contributed by atoms with E-state index < -0.39 is 4.92 Å². The number of benzene rings is 2. The lowest BCUT2D eigenvalue weighted by molar-refractivity contribution is -0.384. The van der Waals surface area contributed by atoms with Gasteiger partial charge in [-0.25, -0.2) is 4.98 Å². The number of thiazole rings is 1. The number of rotatable bonds is 4. The van der Waals surface area contributed by atoms with Gasteiger partial charge in [0, 0.05) is 39.7 Å². The molecule has 1 amide bonds. The van der Waals surface area contributed by atoms with Crippen LogP contribution in [0.5, 0.6) is 0 Å². The molecule has 9 heteroatoms. The zero-order valence-corrected chi connectivity index (χ0v) is 17.9. The SMILES string of the molecule is Cc1cc(Br)ccc1NC(=O)c1sc2nc(-c3cccc([N+](=O)[O-])c3)cn2c1C. The number of hydrogen-bond acceptors (Lipinski definition) is 5. The number of nitrogens with zero attached hydrogens (tertiary/aromatic N) is 3. The molecule has 146 valence electrons. The Morgan fingerprint density at radius 2 is 2.03 bits per heavy atom. The Balaban J connectivity index is 1.65. The second kappa shape index (κ2) is 7.41. The summed E-state index contributed by atoms with van der Waals surface area (Å²) < 4.78 is 2.79. The van der Waals surface area contributed by atoms with E-state index >= 15 is 0 Å². The molecule has 0 radical (unpaired) electrons. The van der Waals surface area contributed by atoms with Crippen LogP contribution < -0.4 is 5.32 Å². The van der Waals surface area contributed by atoms with Gasteiger partial charge < -0.3 is 5.32 Å². The molecule has 4 aromatic rings. The van der Waals surface area contributed by atoms with Gasteiger partial charge in [0.2, 0.25) is 0 Å². The van der Waals surface area contributed by atoms with Gasteiger partial charge in [-0.05, 0) is 37.6 Å². The van der Waals surface area contributed by atoms with Crippen LogP contribution in [-0.2, 0) is 0 Å². The minimum Gasteiger partial charge on any atom is -0.321 e. The molecular weight excluding hydrogens is 456 g/mol. The highest BCUT2D eigenvalue weighted by Gasteiger charge is 2.19. The number of non-ortho nitro benzene ring substituents is 1. The number of aryl methyl sites for hydroxylation is 2. The summed E-state index contributed by atoms with van der Waals surface area (Å²) in [6, 6.07) is 12.0. The third-order valence-corrected chi connectivity index (χ3v) is 6.20. The van der Waals surface area contributed by atoms with Gasteiger partial charge in [-0.1, -0.05) is 39.4 Å². The van der Waals surface area contributed by atoms with Gasteiger partial charge >= 0.3 is 0 Å². The monoisotopic (exact) mass is 470 g/mol. The number of nitrogens with one attached hydrogen (secondary N) is 1. The van der Waals surface area contributed by atoms with Crippen LogP contribution in [0.15, 0.2) is 53.1 Å². The standard InChI is InChI=1S/C20H15BrN4O3S/c1-11-8-14(21)6-7-16(11)22-19(26)18-12(2)24-10-17(23-20(24)29-18)13-4-3-5-15(9-13)25(27)28/h3-10H,1-2H3,(H,22,26). The van der Waals surface area contributed by atoms with Gasteiger partial charge in [0.25, 0.3) is 11.6 Å². The summed E-state index contributed by atoms with van der Waals surface area (Å²) in [7, 11) is 0. The molecule has 0 bridgehead atoms. The average Bonchev–Trinajstić information content (AvgIpc) is 3.24. The van der Waals surface area contributed by atoms with Crippen LogP contribution in [0.25, 0.3) is 16.2 Å². The first-order valence-corrected chi connectivity index (χ1v) is 10.3. The maximum absolute atomic E-state index is 12.8. The maximum Gasteiger partial charge on any atom is 0.270 e. The molecule has 7 nitrogen and oxygen atoms in total. The quantitative estimate of drug-likeness (QED) is 0.310. The van der Waals surface area contributed by atoms with Crippen LogP contribution in [-0.4, -0.2) is 20.2 Å². The van der Waals surface area contributed by atoms with E-state index in [1.807, 2.05) is 36.4 Å². The van der Waals surface area contributed by atoms with Crippen molar-refractivity contribution < 1.29 is 9.72 Å². The molecule has 4 rings (SSSR count). The maximum atomic E-state index is 12.8. The van der Waals surface area contributed by atoms with E-state index in [-0.39, 0.29) is 11.6 Å². The van der Waals surface area contributed by atoms with Crippen LogP contribution in [0.2, 0.25) is 0 Å². The Labute approximate surface area is 178 Å². The third kappa shape index (κ3) is 3.66. The van der Waals surface area contributed by atoms with Crippen LogP contribution in [0.1, 0.15) is 20.9 Å². The predicted molar refractivity (Wildman–Crippen MR) is 117 cm³/mol. The molecule has 2 heterocycles. The molecule has 0 aliphatic heterocycles. The van der Waals surface area contributed by atoms with Gasteiger partial charge in [-0.15, -0.1) is 0 Å². The van der Waals surface area contributed by atoms with Gasteiger partial charge in [0.05, 0.1) is 10.6 Å². The normalized spacial score (nSPS) is 11.0. The van der Waals surface area contributed by atoms with Crippen molar-refractivity contribution in [2.45, 2.75) is 13.8 Å². The number of carbonyl (C=O) groups excluding carboxylic acids is 1. The lowest BCUT2D eigenvalue weighted by Gasteiger charge is -2.08. The van der Waals surface area contributed by atoms with Crippen LogP contribution in [0, 0.1) is 24.0 Å². The summed E-state index contributed by atoms with van der Waals surface area (Å²) in [4.78, 5) is 29.1. The molecular formula is C20H15BrN4O3S. The van der Waals surface area contributed by atoms with Crippen molar-refractivity contribution in [1.29, 1.82) is 0 Å². The Bertz CT molecular complexity index is 1280. The number of imidazole rings is 1. The summed E-state index contributed by atoms with van der Waals surface area (Å²) in [6.07, 6.45) is 1.79. The Morgan fingerprint density at radius 1 is 1.24 bits per heavy atom. The van der Waals surface area contributed by atoms with Gasteiger partial charge in [-0.3, -0.25) is 19.3 Å². The van der Waals surface area contributed by atoms with E-state index in [0.29, 0.717) is 21.1 Å². The Morgan fingerprint density at radius 3 is 2.72 bits per heavy atom. The summed E-state index contributed by atoms with van der Waals surface area (Å²) >= 11 is 4.70. The van der Waals surface area contributed by atoms with E-state index in [1.165, 1.54) is 23.5 Å². The number of nitro benzene ring substituents is 1. The average molecular weight is 471 g/mol. The summed E-state index contributed by atoms with van der Waals surface area (Å²) in [5, 5.41) is 14.0. The number of aromatic nitrogens is 2. The van der Waals surface area contributed by atoms with Crippen molar-refractivity contribution in [1.82, 2.24) is 9.38 Å². The molecule has 1 N–H and O–H groups in total. The van der Waals surface area contributed by atoms with Crippen molar-refractivity contribution in [3.05, 3.63) is 79.4 Å². The second-order valence-electron chi connectivity index (χ2n) is 6.52. The molecule has 0 aliphatic carbocycles. The largest absolute Gasteiger partial charge is 0.321 e. The van der Waals surface area contributed by atoms with Crippen molar-refractivity contribution in [3.8, 4) is 11.3 Å². The topological polar surface area (TPSA) is 89.5 Å². The summed E-state index contributed by atoms with van der Waals surface area (Å²) in [5.41, 5.74) is 3.77. The van der Waals surface area contributed by atoms with E-state index in [0.717, 1.165) is 21.4 Å². The van der Waals surface area contributed by atoms with Gasteiger partial charge in [0.15, 0.2) is 4.96 Å². The van der Waals surface area contributed by atoms with Crippen LogP contribution >= 0.6 is 27.3 Å². The smallest absolute Gasteiger partial charge is 0.270 e. The number of nitro groups is 1. The van der Waals surface area contributed by atoms with Crippen molar-refractivity contribution in [2.24, 2.45) is 0 Å². The highest BCUT2D eigenvalue weighted by Crippen LogP contribution is 2.29. The molecule has 29 heavy (non-hydrogen) atoms. The van der Waals surface area contributed by atoms with E-state index in [1.54, 1.807) is 18.3 Å². The van der Waals surface area contributed by atoms with E-state index in [2.05, 4.69) is 26.2 Å². The number of carbonyl (C=O) groups is 1. The van der Waals surface area contributed by atoms with E-state index in [4.69, 9.17) is 0 Å². The lowest BCUT2D eigenvalue weighted by Crippen LogP contribution is -2.12. The molecule has 0 saturated heterocycles. The van der Waals surface area contributed by atoms with Crippen molar-refractivity contribution in [3.63, 3.8) is 0 Å². The Hall–Kier alpha value is -3.04. The zero-order valence-electron chi connectivity index (χ0n) is 15.5. The molecule has 0 saturated carbocycles. The second-order valence-corrected chi connectivity index (χ2v) is 8.41. The number of halogens is 1. The minimum absolute atomic E-state index is 0.0144. The summed E-state index contributed by atoms with van der Waals surface area (Å²) in [5.74, 6) is -0.194. The molecule has 2 aromatic heterocycles. The predicted octanol–water partition coefficient (Wildman–Crippen LogP) is 5.60. The zero-order chi connectivity index (χ0) is 20.7. The molecule has 0 aliphatic rings. The number of hydrogen-bond donors (Lipinski definition) is 1. The van der Waals surface area contributed by atoms with Crippen molar-refractivity contribution >= 4 is 49.5 Å². The Kier molecular flexibility index (Phi) is 4.93. The fourth-order valence-corrected chi connectivity index (χ4v) is 4.50. The fraction of sp³-hybridized carbons (Fsp3) is 0.100. The minimum atomic E-state index is -0.431. The number of fused-ring (bicyclic) bond motifs is 1. The first-order valence-electron chi connectivity index (χ1n) is 8.64. The van der Waals surface area contributed by atoms with Crippen LogP contribution in [0.4, 0.5) is 11.4 Å². The molecule has 2 aromatic carbocycles. The van der Waals surface area contributed by atoms with Gasteiger partial charge in [-0.2, -0.15) is 0 Å². The molecule has 0 unspecified atom stereocenters. The highest BCUT2D eigenvalue weighted by atomic mass is 79.9. The molecule has 0 atom stereocenters. The van der Waals surface area contributed by atoms with Crippen molar-refractivity contribution in [2.75, 3.05) is 5.32 Å².